The van der Waals surface area contributed by atoms with Crippen LogP contribution in [0.4, 0.5) is 5.13 Å². The zero-order valence-electron chi connectivity index (χ0n) is 18.0. The molecule has 33 heavy (non-hydrogen) atoms. The molecule has 0 spiro atoms. The van der Waals surface area contributed by atoms with Crippen molar-refractivity contribution in [3.05, 3.63) is 107 Å². The number of benzene rings is 3. The SMILES string of the molecule is Cc1cccc(C(=O)Nc2nnc(S(=O)(=O)NC(c3ccccc3)c3cccc(C)c3)s2)c1. The number of carbonyl (C=O) groups is 1. The Balaban J connectivity index is 1.58. The molecule has 0 saturated carbocycles. The Kier molecular flexibility index (Phi) is 6.64. The number of anilines is 1. The summed E-state index contributed by atoms with van der Waals surface area (Å²) in [4.78, 5) is 12.5. The van der Waals surface area contributed by atoms with Crippen molar-refractivity contribution in [1.82, 2.24) is 14.9 Å². The third-order valence-electron chi connectivity index (χ3n) is 4.92. The van der Waals surface area contributed by atoms with Crippen LogP contribution in [0, 0.1) is 13.8 Å². The van der Waals surface area contributed by atoms with Gasteiger partial charge in [-0.15, -0.1) is 10.2 Å². The number of nitrogens with one attached hydrogen (secondary N) is 2. The van der Waals surface area contributed by atoms with Gasteiger partial charge in [0.1, 0.15) is 0 Å². The monoisotopic (exact) mass is 478 g/mol. The number of carbonyl (C=O) groups excluding carboxylic acids is 1. The summed E-state index contributed by atoms with van der Waals surface area (Å²) in [6.07, 6.45) is 0. The maximum Gasteiger partial charge on any atom is 0.270 e. The fourth-order valence-electron chi connectivity index (χ4n) is 3.35. The summed E-state index contributed by atoms with van der Waals surface area (Å²) < 4.78 is 28.9. The molecule has 0 radical (unpaired) electrons. The summed E-state index contributed by atoms with van der Waals surface area (Å²) in [6, 6.07) is 23.4. The second-order valence-electron chi connectivity index (χ2n) is 7.58. The first-order valence-corrected chi connectivity index (χ1v) is 12.5. The van der Waals surface area contributed by atoms with E-state index in [0.717, 1.165) is 33.6 Å². The molecule has 3 aromatic carbocycles. The van der Waals surface area contributed by atoms with Gasteiger partial charge in [-0.05, 0) is 37.1 Å². The Bertz CT molecular complexity index is 1390. The lowest BCUT2D eigenvalue weighted by molar-refractivity contribution is 0.102. The van der Waals surface area contributed by atoms with E-state index in [-0.39, 0.29) is 15.4 Å². The largest absolute Gasteiger partial charge is 0.296 e. The number of sulfonamides is 1. The lowest BCUT2D eigenvalue weighted by atomic mass is 9.98. The minimum atomic E-state index is -4.01. The molecule has 1 heterocycles. The molecule has 0 aliphatic rings. The van der Waals surface area contributed by atoms with Crippen molar-refractivity contribution >= 4 is 32.4 Å². The zero-order valence-corrected chi connectivity index (χ0v) is 19.7. The van der Waals surface area contributed by atoms with Gasteiger partial charge in [-0.3, -0.25) is 10.1 Å². The lowest BCUT2D eigenvalue weighted by Crippen LogP contribution is -2.29. The number of hydrogen-bond donors (Lipinski definition) is 2. The van der Waals surface area contributed by atoms with Crippen molar-refractivity contribution in [2.75, 3.05) is 5.32 Å². The Hall–Kier alpha value is -3.40. The van der Waals surface area contributed by atoms with Gasteiger partial charge in [-0.1, -0.05) is 89.2 Å². The van der Waals surface area contributed by atoms with Crippen molar-refractivity contribution in [2.45, 2.75) is 24.2 Å². The first-order chi connectivity index (χ1) is 15.8. The first-order valence-electron chi connectivity index (χ1n) is 10.2. The Morgan fingerprint density at radius 2 is 1.52 bits per heavy atom. The molecule has 1 unspecified atom stereocenters. The van der Waals surface area contributed by atoms with Gasteiger partial charge < -0.3 is 0 Å². The number of rotatable bonds is 7. The normalized spacial score (nSPS) is 12.3. The van der Waals surface area contributed by atoms with Gasteiger partial charge >= 0.3 is 0 Å². The van der Waals surface area contributed by atoms with Crippen molar-refractivity contribution in [1.29, 1.82) is 0 Å². The van der Waals surface area contributed by atoms with Crippen LogP contribution in [-0.4, -0.2) is 24.5 Å². The van der Waals surface area contributed by atoms with Gasteiger partial charge in [0.25, 0.3) is 15.9 Å². The second kappa shape index (κ2) is 9.62. The molecule has 0 aliphatic heterocycles. The van der Waals surface area contributed by atoms with E-state index in [1.54, 1.807) is 18.2 Å². The molecule has 1 atom stereocenters. The van der Waals surface area contributed by atoms with Gasteiger partial charge in [0.2, 0.25) is 9.47 Å². The van der Waals surface area contributed by atoms with E-state index in [2.05, 4.69) is 20.2 Å². The second-order valence-corrected chi connectivity index (χ2v) is 10.4. The van der Waals surface area contributed by atoms with E-state index in [4.69, 9.17) is 0 Å². The highest BCUT2D eigenvalue weighted by Crippen LogP contribution is 2.27. The smallest absolute Gasteiger partial charge is 0.270 e. The molecular weight excluding hydrogens is 456 g/mol. The Morgan fingerprint density at radius 1 is 0.848 bits per heavy atom. The van der Waals surface area contributed by atoms with Gasteiger partial charge in [0.05, 0.1) is 6.04 Å². The van der Waals surface area contributed by atoms with E-state index >= 15 is 0 Å². The maximum atomic E-state index is 13.2. The third-order valence-corrected chi connectivity index (χ3v) is 7.55. The van der Waals surface area contributed by atoms with Gasteiger partial charge in [0.15, 0.2) is 0 Å². The molecule has 0 aliphatic carbocycles. The number of aryl methyl sites for hydroxylation is 2. The highest BCUT2D eigenvalue weighted by Gasteiger charge is 2.27. The van der Waals surface area contributed by atoms with E-state index in [9.17, 15) is 13.2 Å². The summed E-state index contributed by atoms with van der Waals surface area (Å²) >= 11 is 0.798. The van der Waals surface area contributed by atoms with E-state index in [0.29, 0.717) is 5.56 Å². The number of aromatic nitrogens is 2. The minimum Gasteiger partial charge on any atom is -0.296 e. The first kappa shape index (κ1) is 22.8. The minimum absolute atomic E-state index is 0.105. The van der Waals surface area contributed by atoms with Crippen LogP contribution < -0.4 is 10.0 Å². The van der Waals surface area contributed by atoms with Crippen LogP contribution in [0.3, 0.4) is 0 Å². The van der Waals surface area contributed by atoms with Crippen LogP contribution in [-0.2, 0) is 10.0 Å². The predicted molar refractivity (Wildman–Crippen MR) is 129 cm³/mol. The molecule has 4 rings (SSSR count). The van der Waals surface area contributed by atoms with E-state index < -0.39 is 16.1 Å². The molecule has 0 saturated heterocycles. The lowest BCUT2D eigenvalue weighted by Gasteiger charge is -2.19. The average molecular weight is 479 g/mol. The maximum absolute atomic E-state index is 13.2. The Labute approximate surface area is 196 Å². The number of nitrogens with zero attached hydrogens (tertiary/aromatic N) is 2. The summed E-state index contributed by atoms with van der Waals surface area (Å²) in [5, 5.41) is 10.4. The highest BCUT2D eigenvalue weighted by molar-refractivity contribution is 7.91. The van der Waals surface area contributed by atoms with Crippen LogP contribution in [0.5, 0.6) is 0 Å². The van der Waals surface area contributed by atoms with Crippen molar-refractivity contribution < 1.29 is 13.2 Å². The Morgan fingerprint density at radius 3 is 2.21 bits per heavy atom. The quantitative estimate of drug-likeness (QED) is 0.382. The van der Waals surface area contributed by atoms with E-state index in [1.165, 1.54) is 0 Å². The molecule has 0 bridgehead atoms. The van der Waals surface area contributed by atoms with Crippen LogP contribution >= 0.6 is 11.3 Å². The molecule has 0 fully saturated rings. The van der Waals surface area contributed by atoms with Crippen LogP contribution in [0.2, 0.25) is 0 Å². The molecule has 168 valence electrons. The van der Waals surface area contributed by atoms with Crippen LogP contribution in [0.15, 0.2) is 83.2 Å². The topological polar surface area (TPSA) is 101 Å². The van der Waals surface area contributed by atoms with Crippen molar-refractivity contribution in [2.24, 2.45) is 0 Å². The summed E-state index contributed by atoms with van der Waals surface area (Å²) in [5.74, 6) is -0.381. The molecule has 2 N–H and O–H groups in total. The fraction of sp³-hybridized carbons (Fsp3) is 0.125. The van der Waals surface area contributed by atoms with Crippen LogP contribution in [0.1, 0.15) is 38.7 Å². The third kappa shape index (κ3) is 5.51. The van der Waals surface area contributed by atoms with Crippen LogP contribution in [0.25, 0.3) is 0 Å². The zero-order chi connectivity index (χ0) is 23.4. The standard InChI is InChI=1S/C24H22N4O3S2/c1-16-8-6-12-19(14-16)21(18-10-4-3-5-11-18)28-33(30,31)24-27-26-23(32-24)25-22(29)20-13-7-9-17(2)15-20/h3-15,21,28H,1-2H3,(H,25,26,29). The summed E-state index contributed by atoms with van der Waals surface area (Å²) in [6.45, 7) is 3.84. The molecule has 9 heteroatoms. The molecule has 1 amide bonds. The molecule has 7 nitrogen and oxygen atoms in total. The van der Waals surface area contributed by atoms with Gasteiger partial charge in [-0.2, -0.15) is 4.72 Å². The van der Waals surface area contributed by atoms with Gasteiger partial charge in [0, 0.05) is 5.56 Å². The van der Waals surface area contributed by atoms with Crippen molar-refractivity contribution in [3.63, 3.8) is 0 Å². The fourth-order valence-corrected chi connectivity index (χ4v) is 5.48. The average Bonchev–Trinajstić information content (AvgIpc) is 3.28. The van der Waals surface area contributed by atoms with E-state index in [1.807, 2.05) is 74.5 Å². The van der Waals surface area contributed by atoms with Gasteiger partial charge in [-0.25, -0.2) is 8.42 Å². The molecule has 1 aromatic heterocycles. The number of hydrogen-bond acceptors (Lipinski definition) is 6. The van der Waals surface area contributed by atoms with Crippen molar-refractivity contribution in [3.8, 4) is 0 Å². The summed E-state index contributed by atoms with van der Waals surface area (Å²) in [5.41, 5.74) is 4.02. The molecule has 4 aromatic rings. The predicted octanol–water partition coefficient (Wildman–Crippen LogP) is 4.48. The summed E-state index contributed by atoms with van der Waals surface area (Å²) in [7, 11) is -4.01. The number of amides is 1. The highest BCUT2D eigenvalue weighted by atomic mass is 32.2. The molecular formula is C24H22N4O3S2.